The number of benzene rings is 2. The van der Waals surface area contributed by atoms with Gasteiger partial charge in [-0.05, 0) is 12.1 Å². The monoisotopic (exact) mass is 261 g/mol. The first-order valence-electron chi connectivity index (χ1n) is 5.79. The molecule has 0 atom stereocenters. The average Bonchev–Trinajstić information content (AvgIpc) is 2.81. The number of nitrogens with one attached hydrogen (secondary N) is 1. The zero-order valence-electron chi connectivity index (χ0n) is 9.78. The molecule has 2 aromatic carbocycles. The molecule has 0 radical (unpaired) electrons. The Balaban J connectivity index is 2.02. The zero-order chi connectivity index (χ0) is 13.5. The summed E-state index contributed by atoms with van der Waals surface area (Å²) in [6.45, 7) is -4.95. The summed E-state index contributed by atoms with van der Waals surface area (Å²) in [4.78, 5) is 7.43. The number of nitrogens with zero attached hydrogens (tertiary/aromatic N) is 1. The molecule has 96 valence electrons. The van der Waals surface area contributed by atoms with Gasteiger partial charge in [-0.2, -0.15) is 0 Å². The van der Waals surface area contributed by atoms with Gasteiger partial charge < -0.3 is 17.9 Å². The van der Waals surface area contributed by atoms with Gasteiger partial charge in [-0.3, -0.25) is 0 Å². The van der Waals surface area contributed by atoms with E-state index >= 15 is 0 Å². The van der Waals surface area contributed by atoms with Crippen LogP contribution in [0.1, 0.15) is 0 Å². The van der Waals surface area contributed by atoms with Crippen LogP contribution >= 0.6 is 0 Å². The Morgan fingerprint density at radius 2 is 1.58 bits per heavy atom. The zero-order valence-corrected chi connectivity index (χ0v) is 9.78. The average molecular weight is 261 g/mol. The fraction of sp³-hybridized carbons (Fsp3) is 0. The van der Waals surface area contributed by atoms with Gasteiger partial charge in [0.25, 0.3) is 0 Å². The van der Waals surface area contributed by atoms with Crippen LogP contribution in [-0.2, 0) is 0 Å². The van der Waals surface area contributed by atoms with Crippen molar-refractivity contribution in [2.45, 2.75) is 0 Å². The number of imidazole rings is 1. The minimum atomic E-state index is -4.95. The summed E-state index contributed by atoms with van der Waals surface area (Å²) >= 11 is 0. The highest BCUT2D eigenvalue weighted by Crippen LogP contribution is 2.20. The van der Waals surface area contributed by atoms with Crippen molar-refractivity contribution in [2.75, 3.05) is 0 Å². The van der Waals surface area contributed by atoms with Gasteiger partial charge in [-0.15, -0.1) is 5.46 Å². The topological polar surface area (TPSA) is 28.7 Å². The van der Waals surface area contributed by atoms with E-state index in [0.717, 1.165) is 23.2 Å². The molecule has 0 amide bonds. The SMILES string of the molecule is F[B-](F)(F)c1ccc(-c2nc3ccccc3[nH]2)cc1. The Hall–Kier alpha value is -2.24. The quantitative estimate of drug-likeness (QED) is 0.704. The fourth-order valence-electron chi connectivity index (χ4n) is 1.95. The van der Waals surface area contributed by atoms with E-state index in [0.29, 0.717) is 11.4 Å². The molecule has 19 heavy (non-hydrogen) atoms. The highest BCUT2D eigenvalue weighted by molar-refractivity contribution is 6.73. The number of fused-ring (bicyclic) bond motifs is 1. The minimum Gasteiger partial charge on any atom is -0.445 e. The lowest BCUT2D eigenvalue weighted by atomic mass is 9.80. The molecule has 1 N–H and O–H groups in total. The van der Waals surface area contributed by atoms with Gasteiger partial charge in [0.05, 0.1) is 11.0 Å². The normalized spacial score (nSPS) is 11.9. The van der Waals surface area contributed by atoms with Crippen LogP contribution in [0.5, 0.6) is 0 Å². The van der Waals surface area contributed by atoms with Crippen molar-refractivity contribution < 1.29 is 12.9 Å². The van der Waals surface area contributed by atoms with Gasteiger partial charge in [0, 0.05) is 5.56 Å². The van der Waals surface area contributed by atoms with Crippen molar-refractivity contribution in [1.29, 1.82) is 0 Å². The molecule has 0 saturated carbocycles. The van der Waals surface area contributed by atoms with Gasteiger partial charge in [0.15, 0.2) is 0 Å². The van der Waals surface area contributed by atoms with Crippen molar-refractivity contribution in [2.24, 2.45) is 0 Å². The Bertz CT molecular complexity index is 684. The highest BCUT2D eigenvalue weighted by Gasteiger charge is 2.25. The number of aromatic amines is 1. The van der Waals surface area contributed by atoms with Crippen LogP contribution < -0.4 is 5.46 Å². The molecule has 0 bridgehead atoms. The van der Waals surface area contributed by atoms with Crippen LogP contribution in [0.2, 0.25) is 0 Å². The molecule has 0 aliphatic heterocycles. The molecule has 1 heterocycles. The summed E-state index contributed by atoms with van der Waals surface area (Å²) in [5.74, 6) is 0.572. The third kappa shape index (κ3) is 2.21. The number of hydrogen-bond donors (Lipinski definition) is 1. The molecule has 1 aromatic heterocycles. The number of aromatic nitrogens is 2. The minimum absolute atomic E-state index is 0.572. The second-order valence-electron chi connectivity index (χ2n) is 4.30. The molecular formula is C13H9BF3N2-. The van der Waals surface area contributed by atoms with Gasteiger partial charge in [-0.25, -0.2) is 4.98 Å². The number of halogens is 3. The summed E-state index contributed by atoms with van der Waals surface area (Å²) in [5.41, 5.74) is 1.70. The molecule has 2 nitrogen and oxygen atoms in total. The van der Waals surface area contributed by atoms with Crippen molar-refractivity contribution in [3.05, 3.63) is 48.5 Å². The van der Waals surface area contributed by atoms with Crippen LogP contribution in [0.3, 0.4) is 0 Å². The number of para-hydroxylation sites is 2. The fourth-order valence-corrected chi connectivity index (χ4v) is 1.95. The first-order chi connectivity index (χ1) is 9.04. The third-order valence-corrected chi connectivity index (χ3v) is 2.95. The lowest BCUT2D eigenvalue weighted by Gasteiger charge is -2.14. The molecule has 0 spiro atoms. The molecule has 0 aliphatic rings. The smallest absolute Gasteiger partial charge is 0.445 e. The van der Waals surface area contributed by atoms with Crippen molar-refractivity contribution in [1.82, 2.24) is 9.97 Å². The van der Waals surface area contributed by atoms with Crippen LogP contribution in [0.4, 0.5) is 12.9 Å². The third-order valence-electron chi connectivity index (χ3n) is 2.95. The number of hydrogen-bond acceptors (Lipinski definition) is 1. The lowest BCUT2D eigenvalue weighted by Crippen LogP contribution is -2.33. The van der Waals surface area contributed by atoms with Crippen LogP contribution in [0.15, 0.2) is 48.5 Å². The number of H-pyrrole nitrogens is 1. The van der Waals surface area contributed by atoms with E-state index in [2.05, 4.69) is 9.97 Å². The van der Waals surface area contributed by atoms with E-state index in [1.54, 1.807) is 0 Å². The maximum Gasteiger partial charge on any atom is 0.509 e. The Morgan fingerprint density at radius 1 is 0.895 bits per heavy atom. The van der Waals surface area contributed by atoms with Crippen LogP contribution in [0.25, 0.3) is 22.4 Å². The Labute approximate surface area is 107 Å². The van der Waals surface area contributed by atoms with E-state index in [9.17, 15) is 12.9 Å². The largest absolute Gasteiger partial charge is 0.509 e. The molecule has 3 aromatic rings. The van der Waals surface area contributed by atoms with Crippen molar-refractivity contribution in [3.63, 3.8) is 0 Å². The van der Waals surface area contributed by atoms with E-state index < -0.39 is 12.4 Å². The van der Waals surface area contributed by atoms with E-state index in [1.165, 1.54) is 12.1 Å². The predicted octanol–water partition coefficient (Wildman–Crippen LogP) is 3.28. The molecule has 6 heteroatoms. The van der Waals surface area contributed by atoms with Gasteiger partial charge in [0.2, 0.25) is 0 Å². The lowest BCUT2D eigenvalue weighted by molar-refractivity contribution is 0.501. The first-order valence-corrected chi connectivity index (χ1v) is 5.79. The van der Waals surface area contributed by atoms with E-state index in [1.807, 2.05) is 24.3 Å². The highest BCUT2D eigenvalue weighted by atomic mass is 19.4. The predicted molar refractivity (Wildman–Crippen MR) is 70.2 cm³/mol. The van der Waals surface area contributed by atoms with Gasteiger partial charge in [0.1, 0.15) is 5.82 Å². The van der Waals surface area contributed by atoms with Crippen LogP contribution in [0, 0.1) is 0 Å². The van der Waals surface area contributed by atoms with E-state index in [-0.39, 0.29) is 0 Å². The van der Waals surface area contributed by atoms with Crippen molar-refractivity contribution in [3.8, 4) is 11.4 Å². The molecule has 3 rings (SSSR count). The maximum absolute atomic E-state index is 12.5. The summed E-state index contributed by atoms with van der Waals surface area (Å²) in [6, 6.07) is 12.5. The molecular weight excluding hydrogens is 252 g/mol. The second kappa shape index (κ2) is 4.15. The van der Waals surface area contributed by atoms with Gasteiger partial charge in [-0.1, -0.05) is 36.4 Å². The summed E-state index contributed by atoms with van der Waals surface area (Å²) < 4.78 is 37.6. The van der Waals surface area contributed by atoms with Crippen LogP contribution in [-0.4, -0.2) is 16.9 Å². The summed E-state index contributed by atoms with van der Waals surface area (Å²) in [5, 5.41) is 0. The first kappa shape index (κ1) is 11.8. The standard InChI is InChI=1S/C13H9BF3N2/c15-14(16,17)10-7-5-9(6-8-10)13-18-11-3-1-2-4-12(11)19-13/h1-8H,(H,18,19)/q-1. The Morgan fingerprint density at radius 3 is 2.21 bits per heavy atom. The van der Waals surface area contributed by atoms with E-state index in [4.69, 9.17) is 0 Å². The van der Waals surface area contributed by atoms with Gasteiger partial charge >= 0.3 is 6.98 Å². The molecule has 0 saturated heterocycles. The Kier molecular flexibility index (Phi) is 2.59. The summed E-state index contributed by atoms with van der Waals surface area (Å²) in [7, 11) is 0. The van der Waals surface area contributed by atoms with Crippen molar-refractivity contribution >= 4 is 23.5 Å². The molecule has 0 unspecified atom stereocenters. The molecule has 0 aliphatic carbocycles. The second-order valence-corrected chi connectivity index (χ2v) is 4.30. The molecule has 0 fully saturated rings. The summed E-state index contributed by atoms with van der Waals surface area (Å²) in [6.07, 6.45) is 0. The maximum atomic E-state index is 12.5. The number of rotatable bonds is 2.